The molecular formula is C30H32FN5O5. The first-order chi connectivity index (χ1) is 19.9. The minimum absolute atomic E-state index is 0.134. The highest BCUT2D eigenvalue weighted by Crippen LogP contribution is 2.36. The topological polar surface area (TPSA) is 118 Å². The zero-order chi connectivity index (χ0) is 28.8. The fraction of sp³-hybridized carbons (Fsp3) is 0.300. The lowest BCUT2D eigenvalue weighted by Gasteiger charge is -2.15. The molecule has 4 aromatic rings. The van der Waals surface area contributed by atoms with Crippen molar-refractivity contribution in [2.24, 2.45) is 0 Å². The fourth-order valence-electron chi connectivity index (χ4n) is 4.70. The normalized spacial score (nSPS) is 15.1. The van der Waals surface area contributed by atoms with Gasteiger partial charge in [0, 0.05) is 68.6 Å². The van der Waals surface area contributed by atoms with Gasteiger partial charge in [0.25, 0.3) is 5.91 Å². The standard InChI is InChI=1S/C30H32FN5O5/c1-32-30(39)36-13-8-22-15-27(26(17-25(22)36)40-14-2-10-31)41-24-7-11-33-28(16-24)34-29(38)21-5-3-20(4-6-21)18-35-12-9-23(37)19-35/h3-8,11,13,15-17,23,37H,2,9-10,12,14,18-19H2,1H3,(H,32,39)(H,33,34,38)/t23-/m0/s1. The van der Waals surface area contributed by atoms with Gasteiger partial charge in [-0.05, 0) is 42.3 Å². The number of fused-ring (bicyclic) bond motifs is 1. The number of nitrogens with zero attached hydrogens (tertiary/aromatic N) is 3. The van der Waals surface area contributed by atoms with E-state index in [-0.39, 0.29) is 31.1 Å². The molecule has 1 saturated heterocycles. The third kappa shape index (κ3) is 6.82. The number of carbonyl (C=O) groups is 2. The highest BCUT2D eigenvalue weighted by atomic mass is 19.1. The number of nitrogens with one attached hydrogen (secondary N) is 2. The monoisotopic (exact) mass is 561 g/mol. The molecular weight excluding hydrogens is 529 g/mol. The molecule has 10 nitrogen and oxygen atoms in total. The van der Waals surface area contributed by atoms with Crippen molar-refractivity contribution in [3.8, 4) is 17.2 Å². The van der Waals surface area contributed by atoms with Crippen LogP contribution < -0.4 is 20.1 Å². The third-order valence-corrected chi connectivity index (χ3v) is 6.79. The molecule has 0 aliphatic carbocycles. The third-order valence-electron chi connectivity index (χ3n) is 6.79. The van der Waals surface area contributed by atoms with Gasteiger partial charge in [0.2, 0.25) is 0 Å². The number of aromatic nitrogens is 2. The summed E-state index contributed by atoms with van der Waals surface area (Å²) in [4.78, 5) is 31.6. The predicted octanol–water partition coefficient (Wildman–Crippen LogP) is 4.57. The van der Waals surface area contributed by atoms with E-state index in [2.05, 4.69) is 20.5 Å². The lowest BCUT2D eigenvalue weighted by atomic mass is 10.1. The molecule has 0 unspecified atom stereocenters. The molecule has 5 rings (SSSR count). The minimum atomic E-state index is -0.522. The number of alkyl halides is 1. The number of carbonyl (C=O) groups excluding carboxylic acids is 2. The van der Waals surface area contributed by atoms with Crippen molar-refractivity contribution in [1.82, 2.24) is 19.8 Å². The molecule has 0 bridgehead atoms. The summed E-state index contributed by atoms with van der Waals surface area (Å²) in [7, 11) is 1.54. The van der Waals surface area contributed by atoms with E-state index in [4.69, 9.17) is 9.47 Å². The maximum atomic E-state index is 12.9. The van der Waals surface area contributed by atoms with E-state index >= 15 is 0 Å². The van der Waals surface area contributed by atoms with Crippen molar-refractivity contribution in [3.63, 3.8) is 0 Å². The van der Waals surface area contributed by atoms with Crippen LogP contribution in [0.4, 0.5) is 15.0 Å². The number of halogens is 1. The van der Waals surface area contributed by atoms with Crippen LogP contribution in [0.1, 0.15) is 28.8 Å². The van der Waals surface area contributed by atoms with Crippen molar-refractivity contribution in [1.29, 1.82) is 0 Å². The number of β-amino-alcohol motifs (C(OH)–C–C–N with tert-alkyl or cyclic N) is 1. The van der Waals surface area contributed by atoms with Crippen LogP contribution in [0, 0.1) is 0 Å². The summed E-state index contributed by atoms with van der Waals surface area (Å²) in [5.41, 5.74) is 2.16. The van der Waals surface area contributed by atoms with Crippen LogP contribution >= 0.6 is 0 Å². The molecule has 1 atom stereocenters. The molecule has 2 amide bonds. The lowest BCUT2D eigenvalue weighted by molar-refractivity contribution is 0.102. The summed E-state index contributed by atoms with van der Waals surface area (Å²) in [6.45, 7) is 1.85. The molecule has 1 aliphatic rings. The summed E-state index contributed by atoms with van der Waals surface area (Å²) >= 11 is 0. The van der Waals surface area contributed by atoms with Gasteiger partial charge in [-0.3, -0.25) is 18.7 Å². The lowest BCUT2D eigenvalue weighted by Crippen LogP contribution is -2.23. The van der Waals surface area contributed by atoms with Crippen molar-refractivity contribution in [2.45, 2.75) is 25.5 Å². The summed E-state index contributed by atoms with van der Waals surface area (Å²) in [6, 6.07) is 15.5. The van der Waals surface area contributed by atoms with Crippen molar-refractivity contribution in [3.05, 3.63) is 78.1 Å². The SMILES string of the molecule is CNC(=O)n1ccc2cc(Oc3ccnc(NC(=O)c4ccc(CN5CC[C@H](O)C5)cc4)c3)c(OCCCF)cc21. The number of aliphatic hydroxyl groups is 1. The maximum Gasteiger partial charge on any atom is 0.325 e. The molecule has 2 aromatic heterocycles. The number of anilines is 1. The summed E-state index contributed by atoms with van der Waals surface area (Å²) < 4.78 is 26.1. The number of likely N-dealkylation sites (tertiary alicyclic amines) is 1. The maximum absolute atomic E-state index is 12.9. The average molecular weight is 562 g/mol. The van der Waals surface area contributed by atoms with E-state index in [1.807, 2.05) is 12.1 Å². The zero-order valence-corrected chi connectivity index (χ0v) is 22.7. The van der Waals surface area contributed by atoms with E-state index in [0.717, 1.165) is 30.5 Å². The molecule has 3 N–H and O–H groups in total. The Morgan fingerprint density at radius 2 is 1.95 bits per heavy atom. The first-order valence-electron chi connectivity index (χ1n) is 13.4. The molecule has 0 spiro atoms. The zero-order valence-electron chi connectivity index (χ0n) is 22.7. The minimum Gasteiger partial charge on any atom is -0.489 e. The van der Waals surface area contributed by atoms with Crippen LogP contribution in [0.5, 0.6) is 17.2 Å². The number of hydrogen-bond donors (Lipinski definition) is 3. The van der Waals surface area contributed by atoms with Crippen LogP contribution in [0.3, 0.4) is 0 Å². The van der Waals surface area contributed by atoms with Gasteiger partial charge < -0.3 is 25.2 Å². The molecule has 2 aromatic carbocycles. The van der Waals surface area contributed by atoms with Crippen molar-refractivity contribution >= 4 is 28.7 Å². The number of amides is 2. The van der Waals surface area contributed by atoms with Crippen LogP contribution in [-0.2, 0) is 6.54 Å². The Morgan fingerprint density at radius 3 is 2.68 bits per heavy atom. The van der Waals surface area contributed by atoms with Gasteiger partial charge in [0.05, 0.1) is 24.9 Å². The number of rotatable bonds is 10. The van der Waals surface area contributed by atoms with Crippen molar-refractivity contribution < 1.29 is 28.6 Å². The predicted molar refractivity (Wildman–Crippen MR) is 152 cm³/mol. The molecule has 1 aliphatic heterocycles. The van der Waals surface area contributed by atoms with Gasteiger partial charge in [-0.25, -0.2) is 9.78 Å². The summed E-state index contributed by atoms with van der Waals surface area (Å²) in [6.07, 6.45) is 3.88. The number of benzene rings is 2. The fourth-order valence-corrected chi connectivity index (χ4v) is 4.70. The quantitative estimate of drug-likeness (QED) is 0.243. The second-order valence-electron chi connectivity index (χ2n) is 9.80. The van der Waals surface area contributed by atoms with E-state index in [1.54, 1.807) is 55.7 Å². The van der Waals surface area contributed by atoms with Gasteiger partial charge in [-0.2, -0.15) is 0 Å². The molecule has 1 fully saturated rings. The van der Waals surface area contributed by atoms with Gasteiger partial charge in [0.1, 0.15) is 11.6 Å². The van der Waals surface area contributed by atoms with Crippen LogP contribution in [-0.4, -0.2) is 71.0 Å². The van der Waals surface area contributed by atoms with Gasteiger partial charge in [0.15, 0.2) is 11.5 Å². The Hall–Kier alpha value is -4.48. The number of hydrogen-bond acceptors (Lipinski definition) is 7. The largest absolute Gasteiger partial charge is 0.489 e. The Labute approximate surface area is 236 Å². The van der Waals surface area contributed by atoms with E-state index in [1.165, 1.54) is 10.8 Å². The smallest absolute Gasteiger partial charge is 0.325 e. The van der Waals surface area contributed by atoms with E-state index < -0.39 is 6.67 Å². The first kappa shape index (κ1) is 28.1. The Bertz CT molecular complexity index is 1520. The molecule has 0 radical (unpaired) electrons. The number of aliphatic hydroxyl groups excluding tert-OH is 1. The highest BCUT2D eigenvalue weighted by Gasteiger charge is 2.20. The molecule has 3 heterocycles. The number of pyridine rings is 1. The van der Waals surface area contributed by atoms with E-state index in [9.17, 15) is 19.1 Å². The van der Waals surface area contributed by atoms with Crippen molar-refractivity contribution in [2.75, 3.05) is 38.7 Å². The van der Waals surface area contributed by atoms with Crippen LogP contribution in [0.2, 0.25) is 0 Å². The van der Waals surface area contributed by atoms with Crippen LogP contribution in [0.25, 0.3) is 10.9 Å². The Balaban J connectivity index is 1.30. The van der Waals surface area contributed by atoms with Gasteiger partial charge in [-0.1, -0.05) is 12.1 Å². The van der Waals surface area contributed by atoms with Crippen LogP contribution in [0.15, 0.2) is 67.0 Å². The first-order valence-corrected chi connectivity index (χ1v) is 13.4. The second kappa shape index (κ2) is 12.8. The van der Waals surface area contributed by atoms with Gasteiger partial charge in [-0.15, -0.1) is 0 Å². The molecule has 214 valence electrons. The summed E-state index contributed by atoms with van der Waals surface area (Å²) in [5.74, 6) is 1.11. The molecule has 11 heteroatoms. The number of ether oxygens (including phenoxy) is 2. The van der Waals surface area contributed by atoms with Gasteiger partial charge >= 0.3 is 6.03 Å². The Morgan fingerprint density at radius 1 is 1.12 bits per heavy atom. The Kier molecular flexibility index (Phi) is 8.76. The highest BCUT2D eigenvalue weighted by molar-refractivity contribution is 6.03. The molecule has 0 saturated carbocycles. The molecule has 41 heavy (non-hydrogen) atoms. The van der Waals surface area contributed by atoms with E-state index in [0.29, 0.717) is 40.7 Å². The second-order valence-corrected chi connectivity index (χ2v) is 9.80. The summed E-state index contributed by atoms with van der Waals surface area (Å²) in [5, 5.41) is 15.9. The average Bonchev–Trinajstić information content (AvgIpc) is 3.58.